The van der Waals surface area contributed by atoms with Gasteiger partial charge in [0, 0.05) is 23.2 Å². The van der Waals surface area contributed by atoms with Gasteiger partial charge in [0.15, 0.2) is 0 Å². The number of alkyl halides is 1. The molecule has 0 atom stereocenters. The standard InChI is InChI=1S/C17H13ClN2O/c18-11-12-4-3-6-14(10-12)20-17(21)16-15-7-2-1-5-13(15)8-9-19-16/h1-10H,11H2,(H,20,21). The van der Waals surface area contributed by atoms with Crippen LogP contribution in [-0.2, 0) is 5.88 Å². The first-order valence-corrected chi connectivity index (χ1v) is 7.11. The Labute approximate surface area is 127 Å². The fourth-order valence-electron chi connectivity index (χ4n) is 2.22. The molecule has 2 aromatic carbocycles. The molecule has 3 nitrogen and oxygen atoms in total. The summed E-state index contributed by atoms with van der Waals surface area (Å²) in [6, 6.07) is 17.1. The van der Waals surface area contributed by atoms with Crippen molar-refractivity contribution in [2.24, 2.45) is 0 Å². The Morgan fingerprint density at radius 1 is 1.10 bits per heavy atom. The van der Waals surface area contributed by atoms with Crippen molar-refractivity contribution in [2.45, 2.75) is 5.88 Å². The highest BCUT2D eigenvalue weighted by molar-refractivity contribution is 6.17. The summed E-state index contributed by atoms with van der Waals surface area (Å²) in [6.07, 6.45) is 1.65. The molecule has 0 saturated carbocycles. The van der Waals surface area contributed by atoms with E-state index in [9.17, 15) is 4.79 Å². The normalized spacial score (nSPS) is 10.5. The first-order chi connectivity index (χ1) is 10.3. The van der Waals surface area contributed by atoms with E-state index in [2.05, 4.69) is 10.3 Å². The lowest BCUT2D eigenvalue weighted by atomic mass is 10.1. The lowest BCUT2D eigenvalue weighted by Crippen LogP contribution is -2.14. The second kappa shape index (κ2) is 5.94. The minimum Gasteiger partial charge on any atom is -0.321 e. The molecule has 0 aliphatic rings. The van der Waals surface area contributed by atoms with Crippen molar-refractivity contribution in [3.05, 3.63) is 72.1 Å². The molecule has 1 aromatic heterocycles. The molecule has 0 unspecified atom stereocenters. The van der Waals surface area contributed by atoms with E-state index in [4.69, 9.17) is 11.6 Å². The minimum atomic E-state index is -0.224. The zero-order chi connectivity index (χ0) is 14.7. The second-order valence-electron chi connectivity index (χ2n) is 4.67. The monoisotopic (exact) mass is 296 g/mol. The summed E-state index contributed by atoms with van der Waals surface area (Å²) in [5, 5.41) is 4.70. The minimum absolute atomic E-state index is 0.224. The number of benzene rings is 2. The second-order valence-corrected chi connectivity index (χ2v) is 4.94. The number of nitrogens with one attached hydrogen (secondary N) is 1. The molecule has 1 heterocycles. The number of fused-ring (bicyclic) bond motifs is 1. The summed E-state index contributed by atoms with van der Waals surface area (Å²) in [4.78, 5) is 16.6. The molecule has 0 saturated heterocycles. The smallest absolute Gasteiger partial charge is 0.274 e. The maximum absolute atomic E-state index is 12.4. The predicted molar refractivity (Wildman–Crippen MR) is 85.7 cm³/mol. The third-order valence-corrected chi connectivity index (χ3v) is 3.54. The van der Waals surface area contributed by atoms with Gasteiger partial charge in [0.1, 0.15) is 5.69 Å². The largest absolute Gasteiger partial charge is 0.321 e. The lowest BCUT2D eigenvalue weighted by Gasteiger charge is -2.08. The number of anilines is 1. The van der Waals surface area contributed by atoms with Gasteiger partial charge in [-0.05, 0) is 29.1 Å². The molecule has 3 aromatic rings. The fourth-order valence-corrected chi connectivity index (χ4v) is 2.39. The van der Waals surface area contributed by atoms with Crippen molar-refractivity contribution in [2.75, 3.05) is 5.32 Å². The van der Waals surface area contributed by atoms with E-state index in [0.29, 0.717) is 17.3 Å². The van der Waals surface area contributed by atoms with E-state index in [1.54, 1.807) is 6.20 Å². The van der Waals surface area contributed by atoms with E-state index < -0.39 is 0 Å². The number of hydrogen-bond donors (Lipinski definition) is 1. The molecule has 0 aliphatic carbocycles. The van der Waals surface area contributed by atoms with Crippen molar-refractivity contribution in [3.63, 3.8) is 0 Å². The molecular weight excluding hydrogens is 284 g/mol. The van der Waals surface area contributed by atoms with Gasteiger partial charge >= 0.3 is 0 Å². The summed E-state index contributed by atoms with van der Waals surface area (Å²) in [5.41, 5.74) is 2.10. The number of aromatic nitrogens is 1. The summed E-state index contributed by atoms with van der Waals surface area (Å²) in [7, 11) is 0. The molecule has 1 N–H and O–H groups in total. The lowest BCUT2D eigenvalue weighted by molar-refractivity contribution is 0.102. The molecule has 0 radical (unpaired) electrons. The highest BCUT2D eigenvalue weighted by Gasteiger charge is 2.11. The molecule has 0 aliphatic heterocycles. The number of hydrogen-bond acceptors (Lipinski definition) is 2. The number of rotatable bonds is 3. The van der Waals surface area contributed by atoms with Crippen molar-refractivity contribution >= 4 is 34.0 Å². The van der Waals surface area contributed by atoms with Crippen LogP contribution in [0.5, 0.6) is 0 Å². The third kappa shape index (κ3) is 2.88. The summed E-state index contributed by atoms with van der Waals surface area (Å²) >= 11 is 5.81. The Hall–Kier alpha value is -2.39. The van der Waals surface area contributed by atoms with E-state index >= 15 is 0 Å². The van der Waals surface area contributed by atoms with Crippen molar-refractivity contribution in [3.8, 4) is 0 Å². The molecule has 0 bridgehead atoms. The molecule has 4 heteroatoms. The van der Waals surface area contributed by atoms with E-state index in [1.807, 2.05) is 54.6 Å². The Kier molecular flexibility index (Phi) is 3.84. The average molecular weight is 297 g/mol. The van der Waals surface area contributed by atoms with Gasteiger partial charge in [-0.2, -0.15) is 0 Å². The van der Waals surface area contributed by atoms with Crippen LogP contribution in [0.25, 0.3) is 10.8 Å². The van der Waals surface area contributed by atoms with Gasteiger partial charge in [-0.25, -0.2) is 0 Å². The summed E-state index contributed by atoms with van der Waals surface area (Å²) in [5.74, 6) is 0.189. The van der Waals surface area contributed by atoms with Crippen LogP contribution in [0.2, 0.25) is 0 Å². The molecular formula is C17H13ClN2O. The van der Waals surface area contributed by atoms with Crippen LogP contribution in [0, 0.1) is 0 Å². The van der Waals surface area contributed by atoms with Gasteiger partial charge in [-0.1, -0.05) is 36.4 Å². The summed E-state index contributed by atoms with van der Waals surface area (Å²) < 4.78 is 0. The number of carbonyl (C=O) groups is 1. The topological polar surface area (TPSA) is 42.0 Å². The van der Waals surface area contributed by atoms with Crippen LogP contribution in [0.4, 0.5) is 5.69 Å². The Bertz CT molecular complexity index is 796. The van der Waals surface area contributed by atoms with Crippen LogP contribution in [-0.4, -0.2) is 10.9 Å². The highest BCUT2D eigenvalue weighted by atomic mass is 35.5. The first-order valence-electron chi connectivity index (χ1n) is 6.58. The number of nitrogens with zero attached hydrogens (tertiary/aromatic N) is 1. The van der Waals surface area contributed by atoms with Crippen LogP contribution < -0.4 is 5.32 Å². The third-order valence-electron chi connectivity index (χ3n) is 3.23. The zero-order valence-corrected chi connectivity index (χ0v) is 12.0. The van der Waals surface area contributed by atoms with Crippen LogP contribution in [0.3, 0.4) is 0 Å². The van der Waals surface area contributed by atoms with Crippen molar-refractivity contribution < 1.29 is 4.79 Å². The Balaban J connectivity index is 1.93. The average Bonchev–Trinajstić information content (AvgIpc) is 2.54. The SMILES string of the molecule is O=C(Nc1cccc(CCl)c1)c1nccc2ccccc12. The van der Waals surface area contributed by atoms with Crippen molar-refractivity contribution in [1.82, 2.24) is 4.98 Å². The highest BCUT2D eigenvalue weighted by Crippen LogP contribution is 2.18. The zero-order valence-electron chi connectivity index (χ0n) is 11.2. The maximum Gasteiger partial charge on any atom is 0.274 e. The number of pyridine rings is 1. The molecule has 0 fully saturated rings. The van der Waals surface area contributed by atoms with Gasteiger partial charge in [-0.3, -0.25) is 9.78 Å². The maximum atomic E-state index is 12.4. The van der Waals surface area contributed by atoms with Gasteiger partial charge < -0.3 is 5.32 Å². The van der Waals surface area contributed by atoms with E-state index in [-0.39, 0.29) is 5.91 Å². The van der Waals surface area contributed by atoms with Crippen LogP contribution in [0.1, 0.15) is 16.1 Å². The molecule has 21 heavy (non-hydrogen) atoms. The molecule has 1 amide bonds. The van der Waals surface area contributed by atoms with Gasteiger partial charge in [0.2, 0.25) is 0 Å². The number of amides is 1. The first kappa shape index (κ1) is 13.6. The number of carbonyl (C=O) groups excluding carboxylic acids is 1. The predicted octanol–water partition coefficient (Wildman–Crippen LogP) is 4.23. The number of halogens is 1. The van der Waals surface area contributed by atoms with Gasteiger partial charge in [0.05, 0.1) is 0 Å². The molecule has 0 spiro atoms. The van der Waals surface area contributed by atoms with Gasteiger partial charge in [-0.15, -0.1) is 11.6 Å². The molecule has 104 valence electrons. The van der Waals surface area contributed by atoms with E-state index in [1.165, 1.54) is 0 Å². The van der Waals surface area contributed by atoms with Crippen molar-refractivity contribution in [1.29, 1.82) is 0 Å². The Morgan fingerprint density at radius 2 is 1.95 bits per heavy atom. The van der Waals surface area contributed by atoms with Crippen LogP contribution >= 0.6 is 11.6 Å². The Morgan fingerprint density at radius 3 is 2.81 bits per heavy atom. The fraction of sp³-hybridized carbons (Fsp3) is 0.0588. The van der Waals surface area contributed by atoms with Gasteiger partial charge in [0.25, 0.3) is 5.91 Å². The van der Waals surface area contributed by atoms with E-state index in [0.717, 1.165) is 16.3 Å². The quantitative estimate of drug-likeness (QED) is 0.735. The molecule has 3 rings (SSSR count). The van der Waals surface area contributed by atoms with Crippen LogP contribution in [0.15, 0.2) is 60.8 Å². The summed E-state index contributed by atoms with van der Waals surface area (Å²) in [6.45, 7) is 0.